The SMILES string of the molecule is Cc1nc(-c2ccc(F)cc2)sc1C(=O)Nc1ccc(Cl)cc1[N+](=O)[O-]. The number of anilines is 1. The highest BCUT2D eigenvalue weighted by atomic mass is 35.5. The number of nitrogens with one attached hydrogen (secondary N) is 1. The number of thiazole rings is 1. The highest BCUT2D eigenvalue weighted by Crippen LogP contribution is 2.31. The van der Waals surface area contributed by atoms with E-state index in [2.05, 4.69) is 10.3 Å². The third-order valence-electron chi connectivity index (χ3n) is 3.50. The zero-order valence-electron chi connectivity index (χ0n) is 13.3. The summed E-state index contributed by atoms with van der Waals surface area (Å²) in [7, 11) is 0. The fraction of sp³-hybridized carbons (Fsp3) is 0.0588. The first-order valence-electron chi connectivity index (χ1n) is 7.34. The number of amides is 1. The summed E-state index contributed by atoms with van der Waals surface area (Å²) in [6.45, 7) is 1.66. The molecule has 0 saturated carbocycles. The van der Waals surface area contributed by atoms with Crippen molar-refractivity contribution in [2.45, 2.75) is 6.92 Å². The summed E-state index contributed by atoms with van der Waals surface area (Å²) in [5, 5.41) is 14.4. The molecule has 1 N–H and O–H groups in total. The summed E-state index contributed by atoms with van der Waals surface area (Å²) in [6.07, 6.45) is 0. The fourth-order valence-electron chi connectivity index (χ4n) is 2.26. The first kappa shape index (κ1) is 18.0. The van der Waals surface area contributed by atoms with Gasteiger partial charge in [-0.15, -0.1) is 11.3 Å². The lowest BCUT2D eigenvalue weighted by Gasteiger charge is -2.05. The molecule has 1 aromatic heterocycles. The number of halogens is 2. The van der Waals surface area contributed by atoms with E-state index in [1.54, 1.807) is 19.1 Å². The van der Waals surface area contributed by atoms with E-state index in [4.69, 9.17) is 11.6 Å². The molecular formula is C17H11ClFN3O3S. The Hall–Kier alpha value is -2.84. The van der Waals surface area contributed by atoms with Crippen LogP contribution in [0.3, 0.4) is 0 Å². The second-order valence-corrected chi connectivity index (χ2v) is 6.75. The summed E-state index contributed by atoms with van der Waals surface area (Å²) in [6, 6.07) is 9.74. The van der Waals surface area contributed by atoms with Gasteiger partial charge in [-0.1, -0.05) is 11.6 Å². The Morgan fingerprint density at radius 3 is 2.62 bits per heavy atom. The summed E-state index contributed by atoms with van der Waals surface area (Å²) in [5.41, 5.74) is 0.895. The zero-order chi connectivity index (χ0) is 18.8. The Morgan fingerprint density at radius 1 is 1.27 bits per heavy atom. The van der Waals surface area contributed by atoms with Crippen molar-refractivity contribution < 1.29 is 14.1 Å². The van der Waals surface area contributed by atoms with E-state index < -0.39 is 10.8 Å². The smallest absolute Gasteiger partial charge is 0.294 e. The Bertz CT molecular complexity index is 1000. The van der Waals surface area contributed by atoms with Crippen LogP contribution in [0.2, 0.25) is 5.02 Å². The molecule has 0 radical (unpaired) electrons. The number of carbonyl (C=O) groups excluding carboxylic acids is 1. The molecule has 0 saturated heterocycles. The summed E-state index contributed by atoms with van der Waals surface area (Å²) >= 11 is 6.89. The van der Waals surface area contributed by atoms with E-state index in [0.29, 0.717) is 21.1 Å². The Morgan fingerprint density at radius 2 is 1.96 bits per heavy atom. The van der Waals surface area contributed by atoms with Gasteiger partial charge in [0.25, 0.3) is 11.6 Å². The quantitative estimate of drug-likeness (QED) is 0.497. The van der Waals surface area contributed by atoms with Gasteiger partial charge < -0.3 is 5.32 Å². The monoisotopic (exact) mass is 391 g/mol. The number of nitro groups is 1. The lowest BCUT2D eigenvalue weighted by atomic mass is 10.2. The van der Waals surface area contributed by atoms with Crippen LogP contribution in [0.15, 0.2) is 42.5 Å². The molecule has 0 aliphatic heterocycles. The van der Waals surface area contributed by atoms with Crippen LogP contribution in [0.5, 0.6) is 0 Å². The lowest BCUT2D eigenvalue weighted by molar-refractivity contribution is -0.383. The Labute approximate surface area is 156 Å². The minimum absolute atomic E-state index is 0.0422. The van der Waals surface area contributed by atoms with Crippen molar-refractivity contribution in [2.24, 2.45) is 0 Å². The van der Waals surface area contributed by atoms with Crippen LogP contribution in [-0.2, 0) is 0 Å². The molecule has 0 aliphatic carbocycles. The van der Waals surface area contributed by atoms with Crippen molar-refractivity contribution in [3.05, 3.63) is 74.0 Å². The minimum Gasteiger partial charge on any atom is -0.315 e. The Kier molecular flexibility index (Phi) is 4.97. The molecule has 3 aromatic rings. The average Bonchev–Trinajstić information content (AvgIpc) is 2.99. The lowest BCUT2D eigenvalue weighted by Crippen LogP contribution is -2.12. The molecule has 1 amide bonds. The van der Waals surface area contributed by atoms with Gasteiger partial charge in [-0.2, -0.15) is 0 Å². The van der Waals surface area contributed by atoms with E-state index in [-0.39, 0.29) is 22.2 Å². The summed E-state index contributed by atoms with van der Waals surface area (Å²) in [5.74, 6) is -0.881. The fourth-order valence-corrected chi connectivity index (χ4v) is 3.40. The zero-order valence-corrected chi connectivity index (χ0v) is 14.9. The molecule has 6 nitrogen and oxygen atoms in total. The molecule has 2 aromatic carbocycles. The predicted octanol–water partition coefficient (Wildman–Crippen LogP) is 5.07. The number of aryl methyl sites for hydroxylation is 1. The molecule has 0 atom stereocenters. The maximum absolute atomic E-state index is 13.0. The number of benzene rings is 2. The molecule has 9 heteroatoms. The largest absolute Gasteiger partial charge is 0.315 e. The predicted molar refractivity (Wildman–Crippen MR) is 98.3 cm³/mol. The van der Waals surface area contributed by atoms with Gasteiger partial charge in [-0.3, -0.25) is 14.9 Å². The van der Waals surface area contributed by atoms with Gasteiger partial charge in [-0.05, 0) is 43.3 Å². The number of rotatable bonds is 4. The van der Waals surface area contributed by atoms with E-state index in [9.17, 15) is 19.3 Å². The van der Waals surface area contributed by atoms with E-state index in [0.717, 1.165) is 11.3 Å². The maximum atomic E-state index is 13.0. The van der Waals surface area contributed by atoms with Crippen LogP contribution in [0.25, 0.3) is 10.6 Å². The second kappa shape index (κ2) is 7.19. The van der Waals surface area contributed by atoms with E-state index in [1.807, 2.05) is 0 Å². The van der Waals surface area contributed by atoms with Crippen molar-refractivity contribution >= 4 is 40.2 Å². The van der Waals surface area contributed by atoms with Crippen molar-refractivity contribution in [3.63, 3.8) is 0 Å². The first-order valence-corrected chi connectivity index (χ1v) is 8.53. The van der Waals surface area contributed by atoms with Gasteiger partial charge >= 0.3 is 0 Å². The first-order chi connectivity index (χ1) is 12.3. The molecule has 26 heavy (non-hydrogen) atoms. The number of nitro benzene ring substituents is 1. The van der Waals surface area contributed by atoms with Gasteiger partial charge in [0, 0.05) is 16.7 Å². The van der Waals surface area contributed by atoms with Gasteiger partial charge in [0.15, 0.2) is 0 Å². The molecule has 0 spiro atoms. The molecule has 0 bridgehead atoms. The molecule has 0 fully saturated rings. The number of hydrogen-bond donors (Lipinski definition) is 1. The van der Waals surface area contributed by atoms with Gasteiger partial charge in [-0.25, -0.2) is 9.37 Å². The van der Waals surface area contributed by atoms with Crippen LogP contribution in [0, 0.1) is 22.9 Å². The van der Waals surface area contributed by atoms with Crippen molar-refractivity contribution in [1.82, 2.24) is 4.98 Å². The number of nitrogens with zero attached hydrogens (tertiary/aromatic N) is 2. The van der Waals surface area contributed by atoms with E-state index >= 15 is 0 Å². The topological polar surface area (TPSA) is 85.1 Å². The van der Waals surface area contributed by atoms with Crippen LogP contribution >= 0.6 is 22.9 Å². The molecule has 0 aliphatic rings. The molecule has 3 rings (SSSR count). The summed E-state index contributed by atoms with van der Waals surface area (Å²) in [4.78, 5) is 27.7. The standard InChI is InChI=1S/C17H11ClFN3O3S/c1-9-15(26-17(20-9)10-2-5-12(19)6-3-10)16(23)21-13-7-4-11(18)8-14(13)22(24)25/h2-8H,1H3,(H,21,23). The average molecular weight is 392 g/mol. The number of hydrogen-bond acceptors (Lipinski definition) is 5. The molecule has 132 valence electrons. The van der Waals surface area contributed by atoms with Gasteiger partial charge in [0.05, 0.1) is 10.6 Å². The third-order valence-corrected chi connectivity index (χ3v) is 4.94. The van der Waals surface area contributed by atoms with Crippen molar-refractivity contribution in [2.75, 3.05) is 5.32 Å². The minimum atomic E-state index is -0.620. The Balaban J connectivity index is 1.90. The van der Waals surface area contributed by atoms with Crippen LogP contribution < -0.4 is 5.32 Å². The van der Waals surface area contributed by atoms with Crippen molar-refractivity contribution in [3.8, 4) is 10.6 Å². The van der Waals surface area contributed by atoms with Crippen LogP contribution in [0.1, 0.15) is 15.4 Å². The summed E-state index contributed by atoms with van der Waals surface area (Å²) < 4.78 is 13.0. The van der Waals surface area contributed by atoms with Crippen molar-refractivity contribution in [1.29, 1.82) is 0 Å². The highest BCUT2D eigenvalue weighted by molar-refractivity contribution is 7.17. The van der Waals surface area contributed by atoms with Crippen LogP contribution in [-0.4, -0.2) is 15.8 Å². The number of carbonyl (C=O) groups is 1. The molecule has 0 unspecified atom stereocenters. The second-order valence-electron chi connectivity index (χ2n) is 5.31. The molecule has 1 heterocycles. The van der Waals surface area contributed by atoms with Gasteiger partial charge in [0.1, 0.15) is 21.4 Å². The van der Waals surface area contributed by atoms with E-state index in [1.165, 1.54) is 30.3 Å². The number of aromatic nitrogens is 1. The van der Waals surface area contributed by atoms with Crippen LogP contribution in [0.4, 0.5) is 15.8 Å². The highest BCUT2D eigenvalue weighted by Gasteiger charge is 2.21. The normalized spacial score (nSPS) is 10.6. The molecular weight excluding hydrogens is 381 g/mol. The third kappa shape index (κ3) is 3.71. The maximum Gasteiger partial charge on any atom is 0.294 e. The van der Waals surface area contributed by atoms with Gasteiger partial charge in [0.2, 0.25) is 0 Å².